The van der Waals surface area contributed by atoms with Gasteiger partial charge in [0, 0.05) is 23.5 Å². The Morgan fingerprint density at radius 2 is 2.09 bits per heavy atom. The number of hydrogen-bond donors (Lipinski definition) is 0. The third-order valence-corrected chi connectivity index (χ3v) is 5.18. The average Bonchev–Trinajstić information content (AvgIpc) is 2.68. The van der Waals surface area contributed by atoms with Crippen LogP contribution in [0.3, 0.4) is 0 Å². The lowest BCUT2D eigenvalue weighted by Gasteiger charge is -2.33. The van der Waals surface area contributed by atoms with Crippen molar-refractivity contribution in [3.8, 4) is 5.75 Å². The number of thiophene rings is 1. The molecule has 0 bridgehead atoms. The minimum absolute atomic E-state index is 0.157. The number of methoxy groups -OCH3 is 1. The highest BCUT2D eigenvalue weighted by Crippen LogP contribution is 2.46. The van der Waals surface area contributed by atoms with E-state index in [4.69, 9.17) is 18.9 Å². The number of carbonyl (C=O) groups excluding carboxylic acids is 1. The molecule has 0 spiro atoms. The van der Waals surface area contributed by atoms with Gasteiger partial charge in [-0.25, -0.2) is 4.79 Å². The number of amides is 1. The lowest BCUT2D eigenvalue weighted by atomic mass is 10.1. The molecule has 0 saturated carbocycles. The van der Waals surface area contributed by atoms with Crippen molar-refractivity contribution in [1.29, 1.82) is 0 Å². The fourth-order valence-electron chi connectivity index (χ4n) is 2.82. The highest BCUT2D eigenvalue weighted by atomic mass is 32.1. The van der Waals surface area contributed by atoms with Crippen LogP contribution in [-0.4, -0.2) is 44.1 Å². The molecule has 0 aromatic carbocycles. The Balaban J connectivity index is 1.77. The lowest BCUT2D eigenvalue weighted by Crippen LogP contribution is -2.34. The van der Waals surface area contributed by atoms with Gasteiger partial charge in [-0.2, -0.15) is 0 Å². The summed E-state index contributed by atoms with van der Waals surface area (Å²) in [7, 11) is 1.67. The van der Waals surface area contributed by atoms with Gasteiger partial charge in [0.1, 0.15) is 10.6 Å². The van der Waals surface area contributed by atoms with Crippen LogP contribution in [0, 0.1) is 0 Å². The Morgan fingerprint density at radius 1 is 1.36 bits per heavy atom. The Kier molecular flexibility index (Phi) is 4.56. The van der Waals surface area contributed by atoms with Gasteiger partial charge in [0.2, 0.25) is 6.29 Å². The second-order valence-corrected chi connectivity index (χ2v) is 6.40. The van der Waals surface area contributed by atoms with Gasteiger partial charge in [-0.3, -0.25) is 0 Å². The molecule has 1 aromatic rings. The molecule has 3 rings (SSSR count). The SMILES string of the molecule is CCOC(=O)N1CCc2sc(C3OC(C)O3)c(OC)c2CC1. The molecule has 0 unspecified atom stereocenters. The zero-order valence-electron chi connectivity index (χ0n) is 13.1. The van der Waals surface area contributed by atoms with Crippen molar-refractivity contribution in [1.82, 2.24) is 4.90 Å². The maximum atomic E-state index is 11.9. The van der Waals surface area contributed by atoms with E-state index in [1.165, 1.54) is 10.4 Å². The fraction of sp³-hybridized carbons (Fsp3) is 0.667. The Bertz CT molecular complexity index is 552. The van der Waals surface area contributed by atoms with E-state index in [-0.39, 0.29) is 18.7 Å². The Labute approximate surface area is 133 Å². The van der Waals surface area contributed by atoms with Gasteiger partial charge in [0.05, 0.1) is 13.7 Å². The van der Waals surface area contributed by atoms with E-state index in [0.717, 1.165) is 23.5 Å². The van der Waals surface area contributed by atoms with E-state index < -0.39 is 0 Å². The number of rotatable bonds is 3. The van der Waals surface area contributed by atoms with Gasteiger partial charge in [-0.05, 0) is 26.7 Å². The summed E-state index contributed by atoms with van der Waals surface area (Å²) in [5.74, 6) is 0.850. The van der Waals surface area contributed by atoms with E-state index in [1.54, 1.807) is 23.3 Å². The van der Waals surface area contributed by atoms with Crippen LogP contribution in [0.15, 0.2) is 0 Å². The Morgan fingerprint density at radius 3 is 2.73 bits per heavy atom. The first-order valence-corrected chi connectivity index (χ1v) is 8.36. The van der Waals surface area contributed by atoms with Crippen LogP contribution in [0.1, 0.15) is 35.5 Å². The molecule has 0 aliphatic carbocycles. The topological polar surface area (TPSA) is 57.2 Å². The molecule has 2 aliphatic rings. The van der Waals surface area contributed by atoms with Gasteiger partial charge in [0.15, 0.2) is 6.29 Å². The van der Waals surface area contributed by atoms with Crippen LogP contribution in [-0.2, 0) is 27.1 Å². The summed E-state index contributed by atoms with van der Waals surface area (Å²) in [4.78, 5) is 15.9. The van der Waals surface area contributed by atoms with Crippen molar-refractivity contribution >= 4 is 17.4 Å². The van der Waals surface area contributed by atoms with E-state index in [2.05, 4.69) is 0 Å². The first-order valence-electron chi connectivity index (χ1n) is 7.55. The minimum atomic E-state index is -0.317. The van der Waals surface area contributed by atoms with Crippen LogP contribution < -0.4 is 4.74 Å². The molecule has 0 atom stereocenters. The van der Waals surface area contributed by atoms with Crippen molar-refractivity contribution in [2.24, 2.45) is 0 Å². The molecular formula is C15H21NO5S. The molecule has 122 valence electrons. The molecule has 22 heavy (non-hydrogen) atoms. The summed E-state index contributed by atoms with van der Waals surface area (Å²) >= 11 is 1.66. The van der Waals surface area contributed by atoms with Gasteiger partial charge in [0.25, 0.3) is 0 Å². The molecule has 3 heterocycles. The second kappa shape index (κ2) is 6.44. The molecule has 6 nitrogen and oxygen atoms in total. The lowest BCUT2D eigenvalue weighted by molar-refractivity contribution is -0.381. The molecule has 1 amide bonds. The number of hydrogen-bond acceptors (Lipinski definition) is 6. The van der Waals surface area contributed by atoms with Crippen molar-refractivity contribution in [2.45, 2.75) is 39.3 Å². The number of fused-ring (bicyclic) bond motifs is 1. The summed E-state index contributed by atoms with van der Waals surface area (Å²) in [6.45, 7) is 5.40. The summed E-state index contributed by atoms with van der Waals surface area (Å²) < 4.78 is 21.9. The summed E-state index contributed by atoms with van der Waals surface area (Å²) in [5.41, 5.74) is 1.17. The molecule has 0 N–H and O–H groups in total. The maximum Gasteiger partial charge on any atom is 0.409 e. The van der Waals surface area contributed by atoms with Gasteiger partial charge in [-0.15, -0.1) is 11.3 Å². The smallest absolute Gasteiger partial charge is 0.409 e. The molecule has 1 fully saturated rings. The molecule has 0 radical (unpaired) electrons. The number of ether oxygens (including phenoxy) is 4. The van der Waals surface area contributed by atoms with Crippen LogP contribution >= 0.6 is 11.3 Å². The standard InChI is InChI=1S/C15H21NO5S/c1-4-19-15(17)16-7-5-10-11(6-8-16)22-13(12(10)18-3)14-20-9(2)21-14/h9,14H,4-8H2,1-3H3. The van der Waals surface area contributed by atoms with Crippen molar-refractivity contribution in [3.05, 3.63) is 15.3 Å². The van der Waals surface area contributed by atoms with Crippen molar-refractivity contribution < 1.29 is 23.7 Å². The van der Waals surface area contributed by atoms with E-state index in [9.17, 15) is 4.79 Å². The molecular weight excluding hydrogens is 306 g/mol. The third-order valence-electron chi connectivity index (χ3n) is 3.88. The highest BCUT2D eigenvalue weighted by Gasteiger charge is 2.35. The van der Waals surface area contributed by atoms with Crippen molar-refractivity contribution in [2.75, 3.05) is 26.8 Å². The predicted molar refractivity (Wildman–Crippen MR) is 81.2 cm³/mol. The summed E-state index contributed by atoms with van der Waals surface area (Å²) in [5, 5.41) is 0. The summed E-state index contributed by atoms with van der Waals surface area (Å²) in [6.07, 6.45) is 0.850. The normalized spacial score (nSPS) is 24.2. The zero-order chi connectivity index (χ0) is 15.7. The molecule has 7 heteroatoms. The third kappa shape index (κ3) is 2.80. The second-order valence-electron chi connectivity index (χ2n) is 5.26. The van der Waals surface area contributed by atoms with E-state index in [0.29, 0.717) is 19.7 Å². The van der Waals surface area contributed by atoms with Crippen LogP contribution in [0.2, 0.25) is 0 Å². The Hall–Kier alpha value is -1.31. The monoisotopic (exact) mass is 327 g/mol. The van der Waals surface area contributed by atoms with Crippen LogP contribution in [0.5, 0.6) is 5.75 Å². The minimum Gasteiger partial charge on any atom is -0.495 e. The van der Waals surface area contributed by atoms with Crippen LogP contribution in [0.4, 0.5) is 4.79 Å². The first-order chi connectivity index (χ1) is 10.6. The quantitative estimate of drug-likeness (QED) is 0.854. The maximum absolute atomic E-state index is 11.9. The van der Waals surface area contributed by atoms with E-state index in [1.807, 2.05) is 13.8 Å². The predicted octanol–water partition coefficient (Wildman–Crippen LogP) is 2.71. The fourth-order valence-corrected chi connectivity index (χ4v) is 4.11. The first kappa shape index (κ1) is 15.6. The molecule has 1 saturated heterocycles. The highest BCUT2D eigenvalue weighted by molar-refractivity contribution is 7.12. The average molecular weight is 327 g/mol. The molecule has 1 aromatic heterocycles. The van der Waals surface area contributed by atoms with Crippen LogP contribution in [0.25, 0.3) is 0 Å². The van der Waals surface area contributed by atoms with Gasteiger partial charge in [-0.1, -0.05) is 0 Å². The number of carbonyl (C=O) groups is 1. The van der Waals surface area contributed by atoms with Crippen molar-refractivity contribution in [3.63, 3.8) is 0 Å². The summed E-state index contributed by atoms with van der Waals surface area (Å²) in [6, 6.07) is 0. The number of nitrogens with zero attached hydrogens (tertiary/aromatic N) is 1. The largest absolute Gasteiger partial charge is 0.495 e. The van der Waals surface area contributed by atoms with Gasteiger partial charge >= 0.3 is 6.09 Å². The zero-order valence-corrected chi connectivity index (χ0v) is 13.9. The van der Waals surface area contributed by atoms with E-state index >= 15 is 0 Å². The molecule has 2 aliphatic heterocycles. The van der Waals surface area contributed by atoms with Gasteiger partial charge < -0.3 is 23.8 Å².